The van der Waals surface area contributed by atoms with Gasteiger partial charge in [0.15, 0.2) is 6.61 Å². The third-order valence-electron chi connectivity index (χ3n) is 4.32. The average molecular weight is 468 g/mol. The van der Waals surface area contributed by atoms with Crippen molar-refractivity contribution in [2.75, 3.05) is 26.1 Å². The minimum absolute atomic E-state index is 0.214. The second-order valence-electron chi connectivity index (χ2n) is 6.04. The molecular formula is C19H18BrNO6S. The van der Waals surface area contributed by atoms with E-state index in [2.05, 4.69) is 21.2 Å². The number of ether oxygens (including phenoxy) is 3. The molecule has 9 heteroatoms. The van der Waals surface area contributed by atoms with Crippen molar-refractivity contribution in [3.8, 4) is 5.75 Å². The van der Waals surface area contributed by atoms with E-state index in [9.17, 15) is 14.4 Å². The summed E-state index contributed by atoms with van der Waals surface area (Å²) in [5.41, 5.74) is 0.804. The lowest BCUT2D eigenvalue weighted by Crippen LogP contribution is -2.22. The smallest absolute Gasteiger partial charge is 0.341 e. The maximum atomic E-state index is 12.4. The molecule has 0 unspecified atom stereocenters. The van der Waals surface area contributed by atoms with Gasteiger partial charge in [-0.05, 0) is 36.6 Å². The minimum Gasteiger partial charge on any atom is -0.484 e. The van der Waals surface area contributed by atoms with E-state index in [1.54, 1.807) is 18.2 Å². The standard InChI is InChI=1S/C19H18BrNO6S/c1-25-18(23)12-6-7-13-15(12)16(19(24)26-2)17(28-13)21-14(22)9-27-11-5-3-4-10(20)8-11/h3-5,8,12H,6-7,9H2,1-2H3,(H,21,22)/t12-/m0/s1. The highest BCUT2D eigenvalue weighted by atomic mass is 79.9. The van der Waals surface area contributed by atoms with Crippen LogP contribution < -0.4 is 10.1 Å². The highest BCUT2D eigenvalue weighted by molar-refractivity contribution is 9.10. The van der Waals surface area contributed by atoms with Crippen LogP contribution in [0.1, 0.15) is 33.1 Å². The number of methoxy groups -OCH3 is 2. The number of carbonyl (C=O) groups is 3. The SMILES string of the molecule is COC(=O)c1c(NC(=O)COc2cccc(Br)c2)sc2c1[C@@H](C(=O)OC)CC2. The van der Waals surface area contributed by atoms with Gasteiger partial charge in [0.25, 0.3) is 5.91 Å². The van der Waals surface area contributed by atoms with Crippen molar-refractivity contribution in [2.24, 2.45) is 0 Å². The van der Waals surface area contributed by atoms with Crippen molar-refractivity contribution >= 4 is 50.1 Å². The van der Waals surface area contributed by atoms with Crippen LogP contribution in [0.3, 0.4) is 0 Å². The van der Waals surface area contributed by atoms with E-state index >= 15 is 0 Å². The Hall–Kier alpha value is -2.39. The second-order valence-corrected chi connectivity index (χ2v) is 8.06. The summed E-state index contributed by atoms with van der Waals surface area (Å²) < 4.78 is 16.0. The minimum atomic E-state index is -0.600. The lowest BCUT2D eigenvalue weighted by Gasteiger charge is -2.12. The summed E-state index contributed by atoms with van der Waals surface area (Å²) in [5, 5.41) is 3.06. The fourth-order valence-electron chi connectivity index (χ4n) is 3.10. The molecule has 0 aliphatic heterocycles. The predicted molar refractivity (Wildman–Crippen MR) is 107 cm³/mol. The third-order valence-corrected chi connectivity index (χ3v) is 6.00. The monoisotopic (exact) mass is 467 g/mol. The van der Waals surface area contributed by atoms with Gasteiger partial charge in [0, 0.05) is 9.35 Å². The van der Waals surface area contributed by atoms with Gasteiger partial charge in [-0.2, -0.15) is 0 Å². The van der Waals surface area contributed by atoms with E-state index in [-0.39, 0.29) is 12.2 Å². The van der Waals surface area contributed by atoms with Gasteiger partial charge in [-0.15, -0.1) is 11.3 Å². The zero-order valence-corrected chi connectivity index (χ0v) is 17.6. The van der Waals surface area contributed by atoms with E-state index in [4.69, 9.17) is 14.2 Å². The number of anilines is 1. The first kappa shape index (κ1) is 20.3. The Morgan fingerprint density at radius 2 is 2.04 bits per heavy atom. The number of carbonyl (C=O) groups excluding carboxylic acids is 3. The van der Waals surface area contributed by atoms with Gasteiger partial charge >= 0.3 is 11.9 Å². The molecule has 1 heterocycles. The van der Waals surface area contributed by atoms with Crippen LogP contribution in [-0.4, -0.2) is 38.7 Å². The first-order valence-corrected chi connectivity index (χ1v) is 10.1. The molecule has 28 heavy (non-hydrogen) atoms. The Bertz CT molecular complexity index is 925. The lowest BCUT2D eigenvalue weighted by atomic mass is 9.99. The highest BCUT2D eigenvalue weighted by Gasteiger charge is 2.38. The summed E-state index contributed by atoms with van der Waals surface area (Å²) in [6.45, 7) is -0.222. The number of aryl methyl sites for hydroxylation is 1. The highest BCUT2D eigenvalue weighted by Crippen LogP contribution is 2.45. The second kappa shape index (κ2) is 8.74. The number of fused-ring (bicyclic) bond motifs is 1. The van der Waals surface area contributed by atoms with Crippen molar-refractivity contribution in [1.82, 2.24) is 0 Å². The molecule has 2 aromatic rings. The molecule has 1 aromatic carbocycles. The lowest BCUT2D eigenvalue weighted by molar-refractivity contribution is -0.142. The molecular weight excluding hydrogens is 450 g/mol. The molecule has 3 rings (SSSR count). The molecule has 0 fully saturated rings. The first-order valence-electron chi connectivity index (χ1n) is 8.44. The van der Waals surface area contributed by atoms with Gasteiger partial charge in [-0.25, -0.2) is 4.79 Å². The molecule has 1 atom stereocenters. The number of thiophene rings is 1. The van der Waals surface area contributed by atoms with Gasteiger partial charge in [-0.1, -0.05) is 22.0 Å². The summed E-state index contributed by atoms with van der Waals surface area (Å²) in [6.07, 6.45) is 1.20. The van der Waals surface area contributed by atoms with Crippen LogP contribution >= 0.6 is 27.3 Å². The number of hydrogen-bond donors (Lipinski definition) is 1. The summed E-state index contributed by atoms with van der Waals surface area (Å²) >= 11 is 4.61. The molecule has 0 saturated carbocycles. The Kier molecular flexibility index (Phi) is 6.35. The maximum absolute atomic E-state index is 12.4. The van der Waals surface area contributed by atoms with Gasteiger partial charge < -0.3 is 19.5 Å². The summed E-state index contributed by atoms with van der Waals surface area (Å²) in [6, 6.07) is 7.12. The normalized spacial score (nSPS) is 14.9. The molecule has 1 N–H and O–H groups in total. The third kappa shape index (κ3) is 4.20. The molecule has 1 amide bonds. The molecule has 7 nitrogen and oxygen atoms in total. The number of hydrogen-bond acceptors (Lipinski definition) is 7. The predicted octanol–water partition coefficient (Wildman–Crippen LogP) is 3.52. The fourth-order valence-corrected chi connectivity index (χ4v) is 4.76. The van der Waals surface area contributed by atoms with Gasteiger partial charge in [0.1, 0.15) is 10.8 Å². The first-order chi connectivity index (χ1) is 13.4. The largest absolute Gasteiger partial charge is 0.484 e. The molecule has 1 aliphatic rings. The van der Waals surface area contributed by atoms with Crippen molar-refractivity contribution < 1.29 is 28.6 Å². The van der Waals surface area contributed by atoms with Crippen molar-refractivity contribution in [1.29, 1.82) is 0 Å². The summed E-state index contributed by atoms with van der Waals surface area (Å²) in [7, 11) is 2.57. The van der Waals surface area contributed by atoms with Crippen molar-refractivity contribution in [2.45, 2.75) is 18.8 Å². The van der Waals surface area contributed by atoms with E-state index in [1.165, 1.54) is 25.6 Å². The van der Waals surface area contributed by atoms with Crippen molar-refractivity contribution in [3.63, 3.8) is 0 Å². The number of halogens is 1. The Morgan fingerprint density at radius 3 is 2.71 bits per heavy atom. The quantitative estimate of drug-likeness (QED) is 0.653. The molecule has 1 aliphatic carbocycles. The van der Waals surface area contributed by atoms with Crippen LogP contribution in [0.4, 0.5) is 5.00 Å². The number of nitrogens with one attached hydrogen (secondary N) is 1. The van der Waals surface area contributed by atoms with Crippen LogP contribution in [-0.2, 0) is 25.5 Å². The van der Waals surface area contributed by atoms with Crippen LogP contribution in [0.25, 0.3) is 0 Å². The topological polar surface area (TPSA) is 90.9 Å². The van der Waals surface area contributed by atoms with E-state index < -0.39 is 23.8 Å². The van der Waals surface area contributed by atoms with Crippen LogP contribution in [0.2, 0.25) is 0 Å². The van der Waals surface area contributed by atoms with Crippen molar-refractivity contribution in [3.05, 3.63) is 44.7 Å². The molecule has 148 valence electrons. The number of esters is 2. The molecule has 1 aromatic heterocycles. The molecule has 0 bridgehead atoms. The van der Waals surface area contributed by atoms with E-state index in [0.29, 0.717) is 29.2 Å². The molecule has 0 spiro atoms. The summed E-state index contributed by atoms with van der Waals surface area (Å²) in [5.74, 6) is -1.42. The zero-order chi connectivity index (χ0) is 20.3. The van der Waals surface area contributed by atoms with Crippen LogP contribution in [0.15, 0.2) is 28.7 Å². The van der Waals surface area contributed by atoms with E-state index in [1.807, 2.05) is 6.07 Å². The van der Waals surface area contributed by atoms with Gasteiger partial charge in [0.2, 0.25) is 0 Å². The van der Waals surface area contributed by atoms with Gasteiger partial charge in [0.05, 0.1) is 25.7 Å². The Labute approximate surface area is 174 Å². The Balaban J connectivity index is 1.79. The van der Waals surface area contributed by atoms with Gasteiger partial charge in [-0.3, -0.25) is 9.59 Å². The van der Waals surface area contributed by atoms with E-state index in [0.717, 1.165) is 9.35 Å². The number of amides is 1. The molecule has 0 radical (unpaired) electrons. The van der Waals surface area contributed by atoms with Crippen LogP contribution in [0, 0.1) is 0 Å². The Morgan fingerprint density at radius 1 is 1.25 bits per heavy atom. The number of benzene rings is 1. The fraction of sp³-hybridized carbons (Fsp3) is 0.316. The number of rotatable bonds is 6. The average Bonchev–Trinajstić information content (AvgIpc) is 3.24. The molecule has 0 saturated heterocycles. The maximum Gasteiger partial charge on any atom is 0.341 e. The summed E-state index contributed by atoms with van der Waals surface area (Å²) in [4.78, 5) is 37.7. The zero-order valence-electron chi connectivity index (χ0n) is 15.2. The van der Waals surface area contributed by atoms with Crippen LogP contribution in [0.5, 0.6) is 5.75 Å².